The van der Waals surface area contributed by atoms with Crippen molar-refractivity contribution < 1.29 is 27.6 Å². The molecule has 3 aliphatic rings. The zero-order valence-electron chi connectivity index (χ0n) is 16.8. The van der Waals surface area contributed by atoms with Gasteiger partial charge in [-0.15, -0.1) is 0 Å². The first-order valence-electron chi connectivity index (χ1n) is 10.1. The summed E-state index contributed by atoms with van der Waals surface area (Å²) in [5.74, 6) is -1.24. The van der Waals surface area contributed by atoms with Crippen molar-refractivity contribution in [2.75, 3.05) is 0 Å². The Kier molecular flexibility index (Phi) is 4.82. The predicted molar refractivity (Wildman–Crippen MR) is 101 cm³/mol. The van der Waals surface area contributed by atoms with Crippen molar-refractivity contribution in [3.63, 3.8) is 0 Å². The molecule has 2 fully saturated rings. The summed E-state index contributed by atoms with van der Waals surface area (Å²) in [6.07, 6.45) is -2.63. The van der Waals surface area contributed by atoms with E-state index in [0.29, 0.717) is 11.1 Å². The van der Waals surface area contributed by atoms with Gasteiger partial charge >= 0.3 is 12.2 Å². The number of nitrogens with zero attached hydrogens (tertiary/aromatic N) is 1. The van der Waals surface area contributed by atoms with Crippen LogP contribution in [0.15, 0.2) is 18.2 Å². The van der Waals surface area contributed by atoms with Gasteiger partial charge in [0.05, 0.1) is 5.56 Å². The standard InChI is InChI=1S/C21H24F3N3O3/c1-11(2)16(8-20(14-5-6-14)18(29)25-19(30)26-20)17(28)27-9-12-3-4-15(21(22,23)24)7-13(12)10-27/h3-4,7,11,14,16H,5-6,8-10H2,1-2H3,(H2,25,26,29,30)/t16?,20-/m1/s1. The molecule has 1 saturated carbocycles. The van der Waals surface area contributed by atoms with Crippen LogP contribution in [0, 0.1) is 17.8 Å². The minimum Gasteiger partial charge on any atom is -0.334 e. The summed E-state index contributed by atoms with van der Waals surface area (Å²) >= 11 is 0. The molecule has 0 radical (unpaired) electrons. The summed E-state index contributed by atoms with van der Waals surface area (Å²) in [5, 5.41) is 5.05. The van der Waals surface area contributed by atoms with Gasteiger partial charge in [-0.05, 0) is 54.4 Å². The van der Waals surface area contributed by atoms with Crippen LogP contribution in [0.2, 0.25) is 0 Å². The molecule has 2 heterocycles. The van der Waals surface area contributed by atoms with Crippen LogP contribution in [-0.2, 0) is 28.9 Å². The molecule has 4 rings (SSSR count). The SMILES string of the molecule is CC(C)C(C[C@]1(C2CC2)NC(=O)NC1=O)C(=O)N1Cc2ccc(C(F)(F)F)cc2C1. The molecule has 1 aromatic carbocycles. The monoisotopic (exact) mass is 423 g/mol. The van der Waals surface area contributed by atoms with Gasteiger partial charge in [0.25, 0.3) is 5.91 Å². The van der Waals surface area contributed by atoms with Crippen LogP contribution in [0.4, 0.5) is 18.0 Å². The second kappa shape index (κ2) is 6.99. The fourth-order valence-electron chi connectivity index (χ4n) is 4.60. The molecule has 1 unspecified atom stereocenters. The van der Waals surface area contributed by atoms with Gasteiger partial charge in [0.1, 0.15) is 5.54 Å². The van der Waals surface area contributed by atoms with E-state index in [0.717, 1.165) is 25.0 Å². The van der Waals surface area contributed by atoms with E-state index >= 15 is 0 Å². The maximum atomic E-state index is 13.4. The minimum atomic E-state index is -4.43. The molecule has 1 aliphatic carbocycles. The number of amides is 4. The molecule has 162 valence electrons. The van der Waals surface area contributed by atoms with E-state index in [4.69, 9.17) is 0 Å². The lowest BCUT2D eigenvalue weighted by atomic mass is 9.78. The van der Waals surface area contributed by atoms with Crippen molar-refractivity contribution >= 4 is 17.8 Å². The average molecular weight is 423 g/mol. The summed E-state index contributed by atoms with van der Waals surface area (Å²) in [4.78, 5) is 39.3. The number of hydrogen-bond donors (Lipinski definition) is 2. The van der Waals surface area contributed by atoms with Gasteiger partial charge in [-0.1, -0.05) is 19.9 Å². The van der Waals surface area contributed by atoms with Crippen molar-refractivity contribution in [1.29, 1.82) is 0 Å². The summed E-state index contributed by atoms with van der Waals surface area (Å²) in [7, 11) is 0. The van der Waals surface area contributed by atoms with E-state index in [1.54, 1.807) is 4.90 Å². The minimum absolute atomic E-state index is 0.00289. The Labute approximate surface area is 172 Å². The highest BCUT2D eigenvalue weighted by Crippen LogP contribution is 2.46. The highest BCUT2D eigenvalue weighted by molar-refractivity contribution is 6.07. The number of imide groups is 1. The molecule has 4 amide bonds. The number of alkyl halides is 3. The van der Waals surface area contributed by atoms with Gasteiger partial charge in [-0.3, -0.25) is 14.9 Å². The van der Waals surface area contributed by atoms with Crippen LogP contribution < -0.4 is 10.6 Å². The zero-order chi connectivity index (χ0) is 21.8. The molecule has 2 aliphatic heterocycles. The molecule has 0 bridgehead atoms. The lowest BCUT2D eigenvalue weighted by Crippen LogP contribution is -2.52. The molecule has 6 nitrogen and oxygen atoms in total. The number of hydrogen-bond acceptors (Lipinski definition) is 3. The third-order valence-corrected chi connectivity index (χ3v) is 6.47. The number of rotatable bonds is 5. The molecular weight excluding hydrogens is 399 g/mol. The van der Waals surface area contributed by atoms with Crippen LogP contribution in [0.1, 0.15) is 49.8 Å². The normalized spacial score (nSPS) is 24.7. The Balaban J connectivity index is 1.54. The van der Waals surface area contributed by atoms with Crippen molar-refractivity contribution in [2.45, 2.75) is 57.9 Å². The molecule has 0 aromatic heterocycles. The first-order chi connectivity index (χ1) is 14.0. The first kappa shape index (κ1) is 20.7. The van der Waals surface area contributed by atoms with Crippen molar-refractivity contribution in [2.24, 2.45) is 17.8 Å². The van der Waals surface area contributed by atoms with Crippen LogP contribution >= 0.6 is 0 Å². The summed E-state index contributed by atoms with van der Waals surface area (Å²) in [6.45, 7) is 4.10. The van der Waals surface area contributed by atoms with Crippen molar-refractivity contribution in [3.8, 4) is 0 Å². The molecule has 2 N–H and O–H groups in total. The fraction of sp³-hybridized carbons (Fsp3) is 0.571. The Morgan fingerprint density at radius 3 is 2.40 bits per heavy atom. The molecule has 30 heavy (non-hydrogen) atoms. The van der Waals surface area contributed by atoms with E-state index < -0.39 is 35.1 Å². The van der Waals surface area contributed by atoms with E-state index in [-0.39, 0.29) is 37.3 Å². The van der Waals surface area contributed by atoms with Crippen LogP contribution in [-0.4, -0.2) is 28.3 Å². The van der Waals surface area contributed by atoms with Gasteiger partial charge in [0.15, 0.2) is 0 Å². The zero-order valence-corrected chi connectivity index (χ0v) is 16.8. The van der Waals surface area contributed by atoms with Gasteiger partial charge in [-0.25, -0.2) is 4.79 Å². The Morgan fingerprint density at radius 1 is 1.20 bits per heavy atom. The second-order valence-corrected chi connectivity index (χ2v) is 8.88. The second-order valence-electron chi connectivity index (χ2n) is 8.88. The predicted octanol–water partition coefficient (Wildman–Crippen LogP) is 3.20. The van der Waals surface area contributed by atoms with Crippen molar-refractivity contribution in [1.82, 2.24) is 15.5 Å². The molecule has 0 spiro atoms. The number of halogens is 3. The number of fused-ring (bicyclic) bond motifs is 1. The summed E-state index contributed by atoms with van der Waals surface area (Å²) in [6, 6.07) is 3.01. The molecule has 1 aromatic rings. The van der Waals surface area contributed by atoms with Crippen LogP contribution in [0.3, 0.4) is 0 Å². The average Bonchev–Trinajstić information content (AvgIpc) is 3.35. The largest absolute Gasteiger partial charge is 0.416 e. The maximum absolute atomic E-state index is 13.4. The van der Waals surface area contributed by atoms with Gasteiger partial charge in [-0.2, -0.15) is 13.2 Å². The fourth-order valence-corrected chi connectivity index (χ4v) is 4.60. The number of carbonyl (C=O) groups is 3. The summed E-state index contributed by atoms with van der Waals surface area (Å²) in [5.41, 5.74) is -0.626. The number of carbonyl (C=O) groups excluding carboxylic acids is 3. The highest BCUT2D eigenvalue weighted by atomic mass is 19.4. The topological polar surface area (TPSA) is 78.5 Å². The number of nitrogens with one attached hydrogen (secondary N) is 2. The number of urea groups is 1. The van der Waals surface area contributed by atoms with E-state index in [1.165, 1.54) is 6.07 Å². The number of benzene rings is 1. The lowest BCUT2D eigenvalue weighted by Gasteiger charge is -2.33. The molecule has 2 atom stereocenters. The van der Waals surface area contributed by atoms with E-state index in [2.05, 4.69) is 10.6 Å². The van der Waals surface area contributed by atoms with Crippen LogP contribution in [0.5, 0.6) is 0 Å². The maximum Gasteiger partial charge on any atom is 0.416 e. The molecule has 1 saturated heterocycles. The third-order valence-electron chi connectivity index (χ3n) is 6.47. The third kappa shape index (κ3) is 3.54. The lowest BCUT2D eigenvalue weighted by molar-refractivity contribution is -0.139. The van der Waals surface area contributed by atoms with E-state index in [1.807, 2.05) is 13.8 Å². The Bertz CT molecular complexity index is 910. The Hall–Kier alpha value is -2.58. The first-order valence-corrected chi connectivity index (χ1v) is 10.1. The molecular formula is C21H24F3N3O3. The van der Waals surface area contributed by atoms with Crippen molar-refractivity contribution in [3.05, 3.63) is 34.9 Å². The van der Waals surface area contributed by atoms with Gasteiger partial charge in [0.2, 0.25) is 5.91 Å². The van der Waals surface area contributed by atoms with E-state index in [9.17, 15) is 27.6 Å². The smallest absolute Gasteiger partial charge is 0.334 e. The van der Waals surface area contributed by atoms with Gasteiger partial charge < -0.3 is 10.2 Å². The Morgan fingerprint density at radius 2 is 1.87 bits per heavy atom. The quantitative estimate of drug-likeness (QED) is 0.714. The summed E-state index contributed by atoms with van der Waals surface area (Å²) < 4.78 is 39.0. The highest BCUT2D eigenvalue weighted by Gasteiger charge is 2.57. The van der Waals surface area contributed by atoms with Crippen LogP contribution in [0.25, 0.3) is 0 Å². The molecule has 9 heteroatoms. The van der Waals surface area contributed by atoms with Gasteiger partial charge in [0, 0.05) is 19.0 Å².